The second-order valence-electron chi connectivity index (χ2n) is 6.57. The fourth-order valence-corrected chi connectivity index (χ4v) is 3.20. The number of aryl methyl sites for hydroxylation is 2. The summed E-state index contributed by atoms with van der Waals surface area (Å²) in [5, 5.41) is 1.06. The summed E-state index contributed by atoms with van der Waals surface area (Å²) >= 11 is 0. The van der Waals surface area contributed by atoms with Gasteiger partial charge in [-0.2, -0.15) is 0 Å². The van der Waals surface area contributed by atoms with Crippen molar-refractivity contribution in [3.63, 3.8) is 0 Å². The maximum atomic E-state index is 4.86. The molecule has 1 aromatic carbocycles. The minimum absolute atomic E-state index is 0.703. The Morgan fingerprint density at radius 3 is 2.70 bits per heavy atom. The lowest BCUT2D eigenvalue weighted by Gasteiger charge is -2.21. The Kier molecular flexibility index (Phi) is 4.78. The lowest BCUT2D eigenvalue weighted by molar-refractivity contribution is 0.621. The lowest BCUT2D eigenvalue weighted by atomic mass is 10.2. The first-order valence-corrected chi connectivity index (χ1v) is 9.08. The highest BCUT2D eigenvalue weighted by Crippen LogP contribution is 2.26. The van der Waals surface area contributed by atoms with Gasteiger partial charge in [-0.15, -0.1) is 0 Å². The molecule has 6 heteroatoms. The maximum Gasteiger partial charge on any atom is 0.163 e. The molecule has 6 nitrogen and oxygen atoms in total. The zero-order chi connectivity index (χ0) is 18.6. The van der Waals surface area contributed by atoms with Crippen LogP contribution in [0.3, 0.4) is 0 Å². The molecule has 0 aliphatic carbocycles. The van der Waals surface area contributed by atoms with Crippen molar-refractivity contribution in [2.24, 2.45) is 0 Å². The van der Waals surface area contributed by atoms with E-state index in [1.165, 1.54) is 0 Å². The molecule has 0 bridgehead atoms. The quantitative estimate of drug-likeness (QED) is 0.526. The zero-order valence-electron chi connectivity index (χ0n) is 15.6. The molecule has 3 heterocycles. The van der Waals surface area contributed by atoms with E-state index in [-0.39, 0.29) is 0 Å². The number of hydrogen-bond acceptors (Lipinski definition) is 5. The van der Waals surface area contributed by atoms with E-state index < -0.39 is 0 Å². The van der Waals surface area contributed by atoms with Gasteiger partial charge in [0.05, 0.1) is 5.52 Å². The molecule has 0 spiro atoms. The number of pyridine rings is 1. The Hall–Kier alpha value is -3.28. The molecule has 4 rings (SSSR count). The number of aromatic nitrogens is 5. The Morgan fingerprint density at radius 1 is 1.04 bits per heavy atom. The molecule has 0 saturated carbocycles. The number of rotatable bonds is 6. The summed E-state index contributed by atoms with van der Waals surface area (Å²) < 4.78 is 2.17. The molecular weight excluding hydrogens is 336 g/mol. The van der Waals surface area contributed by atoms with Gasteiger partial charge < -0.3 is 9.47 Å². The third-order valence-electron chi connectivity index (χ3n) is 4.68. The molecule has 4 aromatic rings. The summed E-state index contributed by atoms with van der Waals surface area (Å²) in [5.74, 6) is 2.69. The van der Waals surface area contributed by atoms with Gasteiger partial charge in [0.25, 0.3) is 0 Å². The van der Waals surface area contributed by atoms with E-state index in [1.807, 2.05) is 49.6 Å². The first-order valence-electron chi connectivity index (χ1n) is 9.08. The van der Waals surface area contributed by atoms with E-state index in [2.05, 4.69) is 32.5 Å². The summed E-state index contributed by atoms with van der Waals surface area (Å²) in [6, 6.07) is 12.0. The van der Waals surface area contributed by atoms with E-state index >= 15 is 0 Å². The third-order valence-corrected chi connectivity index (χ3v) is 4.68. The fraction of sp³-hybridized carbons (Fsp3) is 0.238. The minimum atomic E-state index is 0.703. The Labute approximate surface area is 158 Å². The summed E-state index contributed by atoms with van der Waals surface area (Å²) in [7, 11) is 2.09. The van der Waals surface area contributed by atoms with Crippen molar-refractivity contribution in [1.29, 1.82) is 0 Å². The van der Waals surface area contributed by atoms with Crippen molar-refractivity contribution < 1.29 is 0 Å². The first-order chi connectivity index (χ1) is 13.2. The monoisotopic (exact) mass is 358 g/mol. The number of benzene rings is 1. The average molecular weight is 358 g/mol. The topological polar surface area (TPSA) is 59.7 Å². The van der Waals surface area contributed by atoms with Gasteiger partial charge in [-0.05, 0) is 37.6 Å². The summed E-state index contributed by atoms with van der Waals surface area (Å²) in [6.45, 7) is 3.86. The van der Waals surface area contributed by atoms with Crippen molar-refractivity contribution in [2.45, 2.75) is 19.9 Å². The molecule has 0 atom stereocenters. The highest BCUT2D eigenvalue weighted by Gasteiger charge is 2.13. The van der Waals surface area contributed by atoms with Crippen molar-refractivity contribution in [3.8, 4) is 11.4 Å². The second-order valence-corrected chi connectivity index (χ2v) is 6.57. The van der Waals surface area contributed by atoms with Gasteiger partial charge in [0.15, 0.2) is 5.82 Å². The van der Waals surface area contributed by atoms with E-state index in [1.54, 1.807) is 12.4 Å². The molecule has 0 saturated heterocycles. The average Bonchev–Trinajstić information content (AvgIpc) is 3.12. The van der Waals surface area contributed by atoms with Crippen molar-refractivity contribution in [1.82, 2.24) is 24.5 Å². The highest BCUT2D eigenvalue weighted by atomic mass is 15.2. The highest BCUT2D eigenvalue weighted by molar-refractivity contribution is 5.90. The molecule has 0 fully saturated rings. The first kappa shape index (κ1) is 17.1. The molecule has 27 heavy (non-hydrogen) atoms. The molecular formula is C21H22N6. The van der Waals surface area contributed by atoms with Gasteiger partial charge in [-0.1, -0.05) is 12.1 Å². The van der Waals surface area contributed by atoms with Gasteiger partial charge in [-0.25, -0.2) is 15.0 Å². The molecule has 3 aromatic heterocycles. The van der Waals surface area contributed by atoms with Crippen molar-refractivity contribution in [2.75, 3.05) is 18.5 Å². The summed E-state index contributed by atoms with van der Waals surface area (Å²) in [6.07, 6.45) is 8.44. The zero-order valence-corrected chi connectivity index (χ0v) is 15.6. The van der Waals surface area contributed by atoms with Crippen molar-refractivity contribution in [3.05, 3.63) is 67.0 Å². The van der Waals surface area contributed by atoms with Crippen LogP contribution >= 0.6 is 0 Å². The summed E-state index contributed by atoms with van der Waals surface area (Å²) in [5.41, 5.74) is 1.87. The molecule has 0 radical (unpaired) electrons. The smallest absolute Gasteiger partial charge is 0.163 e. The Morgan fingerprint density at radius 2 is 1.93 bits per heavy atom. The van der Waals surface area contributed by atoms with Crippen LogP contribution in [0, 0.1) is 6.92 Å². The molecule has 136 valence electrons. The van der Waals surface area contributed by atoms with Gasteiger partial charge in [-0.3, -0.25) is 4.98 Å². The Bertz CT molecular complexity index is 1040. The Balaban J connectivity index is 1.62. The number of anilines is 1. The van der Waals surface area contributed by atoms with E-state index in [0.29, 0.717) is 5.82 Å². The predicted molar refractivity (Wildman–Crippen MR) is 108 cm³/mol. The van der Waals surface area contributed by atoms with Crippen LogP contribution in [0.2, 0.25) is 0 Å². The third kappa shape index (κ3) is 3.65. The number of para-hydroxylation sites is 1. The predicted octanol–water partition coefficient (Wildman–Crippen LogP) is 3.72. The van der Waals surface area contributed by atoms with E-state index in [4.69, 9.17) is 9.97 Å². The molecule has 0 aliphatic rings. The number of nitrogens with zero attached hydrogens (tertiary/aromatic N) is 6. The van der Waals surface area contributed by atoms with E-state index in [9.17, 15) is 0 Å². The van der Waals surface area contributed by atoms with Crippen LogP contribution in [0.15, 0.2) is 61.2 Å². The number of hydrogen-bond donors (Lipinski definition) is 0. The molecule has 0 aliphatic heterocycles. The fourth-order valence-electron chi connectivity index (χ4n) is 3.20. The van der Waals surface area contributed by atoms with Gasteiger partial charge in [0, 0.05) is 55.9 Å². The minimum Gasteiger partial charge on any atom is -0.359 e. The molecule has 0 N–H and O–H groups in total. The van der Waals surface area contributed by atoms with Crippen LogP contribution < -0.4 is 4.90 Å². The van der Waals surface area contributed by atoms with Crippen LogP contribution in [0.25, 0.3) is 22.3 Å². The van der Waals surface area contributed by atoms with Crippen LogP contribution in [-0.2, 0) is 6.54 Å². The van der Waals surface area contributed by atoms with Gasteiger partial charge in [0.2, 0.25) is 0 Å². The second kappa shape index (κ2) is 7.53. The van der Waals surface area contributed by atoms with Crippen LogP contribution in [0.1, 0.15) is 12.2 Å². The normalized spacial score (nSPS) is 11.0. The van der Waals surface area contributed by atoms with Crippen LogP contribution in [-0.4, -0.2) is 38.1 Å². The van der Waals surface area contributed by atoms with Gasteiger partial charge >= 0.3 is 0 Å². The van der Waals surface area contributed by atoms with Crippen molar-refractivity contribution >= 4 is 16.7 Å². The largest absolute Gasteiger partial charge is 0.359 e. The molecule has 0 amide bonds. The van der Waals surface area contributed by atoms with E-state index in [0.717, 1.165) is 47.6 Å². The lowest BCUT2D eigenvalue weighted by Crippen LogP contribution is -2.22. The molecule has 0 unspecified atom stereocenters. The summed E-state index contributed by atoms with van der Waals surface area (Å²) in [4.78, 5) is 20.3. The van der Waals surface area contributed by atoms with Crippen LogP contribution in [0.5, 0.6) is 0 Å². The number of imidazole rings is 1. The van der Waals surface area contributed by atoms with Crippen LogP contribution in [0.4, 0.5) is 5.82 Å². The maximum absolute atomic E-state index is 4.86. The SMILES string of the molecule is Cc1nccn1CCCN(C)c1nc(-c2cccnc2)nc2ccccc12. The number of fused-ring (bicyclic) bond motifs is 1. The van der Waals surface area contributed by atoms with Gasteiger partial charge in [0.1, 0.15) is 11.6 Å². The standard InChI is InChI=1S/C21H22N6/c1-16-23-11-14-27(16)13-6-12-26(2)21-18-8-3-4-9-19(18)24-20(25-21)17-7-5-10-22-15-17/h3-5,7-11,14-15H,6,12-13H2,1-2H3.